The van der Waals surface area contributed by atoms with Crippen molar-refractivity contribution in [2.45, 2.75) is 18.8 Å². The first-order valence-corrected chi connectivity index (χ1v) is 9.24. The molecule has 0 spiro atoms. The van der Waals surface area contributed by atoms with Crippen LogP contribution in [-0.4, -0.2) is 36.0 Å². The summed E-state index contributed by atoms with van der Waals surface area (Å²) >= 11 is 6.17. The number of hydrogen-bond donors (Lipinski definition) is 1. The Bertz CT molecular complexity index is 942. The van der Waals surface area contributed by atoms with Crippen LogP contribution >= 0.6 is 11.6 Å². The number of H-pyrrole nitrogens is 1. The Hall–Kier alpha value is -2.46. The molecule has 1 N–H and O–H groups in total. The summed E-state index contributed by atoms with van der Waals surface area (Å²) in [5.41, 5.74) is 2.94. The molecule has 4 nitrogen and oxygen atoms in total. The van der Waals surface area contributed by atoms with Crippen molar-refractivity contribution >= 4 is 28.4 Å². The number of halogens is 1. The van der Waals surface area contributed by atoms with Gasteiger partial charge in [0.15, 0.2) is 0 Å². The number of nitrogens with one attached hydrogen (secondary N) is 1. The Labute approximate surface area is 157 Å². The van der Waals surface area contributed by atoms with Gasteiger partial charge in [-0.15, -0.1) is 0 Å². The lowest BCUT2D eigenvalue weighted by Gasteiger charge is -2.32. The molecule has 0 saturated carbocycles. The Kier molecular flexibility index (Phi) is 4.60. The summed E-state index contributed by atoms with van der Waals surface area (Å²) in [7, 11) is 1.68. The predicted octanol–water partition coefficient (Wildman–Crippen LogP) is 4.85. The fraction of sp³-hybridized carbons (Fsp3) is 0.286. The van der Waals surface area contributed by atoms with Crippen molar-refractivity contribution in [3.8, 4) is 5.75 Å². The van der Waals surface area contributed by atoms with Crippen molar-refractivity contribution in [3.63, 3.8) is 0 Å². The second kappa shape index (κ2) is 7.04. The smallest absolute Gasteiger partial charge is 0.255 e. The molecule has 1 aromatic heterocycles. The van der Waals surface area contributed by atoms with Gasteiger partial charge in [0, 0.05) is 35.6 Å². The minimum atomic E-state index is 0.0235. The molecule has 0 aliphatic carbocycles. The number of carbonyl (C=O) groups is 1. The van der Waals surface area contributed by atoms with Crippen molar-refractivity contribution in [1.29, 1.82) is 0 Å². The molecule has 26 heavy (non-hydrogen) atoms. The number of aromatic nitrogens is 1. The lowest BCUT2D eigenvalue weighted by atomic mass is 9.93. The Balaban J connectivity index is 1.46. The van der Waals surface area contributed by atoms with Crippen LogP contribution in [0, 0.1) is 0 Å². The molecule has 1 aliphatic rings. The van der Waals surface area contributed by atoms with E-state index in [4.69, 9.17) is 16.3 Å². The molecule has 1 fully saturated rings. The van der Waals surface area contributed by atoms with Crippen LogP contribution in [0.25, 0.3) is 10.9 Å². The number of nitrogens with zero attached hydrogens (tertiary/aromatic N) is 1. The first kappa shape index (κ1) is 17.0. The van der Waals surface area contributed by atoms with Gasteiger partial charge in [-0.3, -0.25) is 4.79 Å². The number of rotatable bonds is 3. The molecule has 5 heteroatoms. The third-order valence-corrected chi connectivity index (χ3v) is 5.50. The van der Waals surface area contributed by atoms with Gasteiger partial charge in [0.05, 0.1) is 17.7 Å². The standard InChI is InChI=1S/C21H21ClN2O2/c1-26-16-6-7-19-15(12-16)13-20(23-19)14-8-10-24(11-9-14)21(25)17-4-2-3-5-18(17)22/h2-7,12-14,23H,8-11H2,1H3. The average Bonchev–Trinajstić information content (AvgIpc) is 3.11. The molecule has 1 aliphatic heterocycles. The highest BCUT2D eigenvalue weighted by atomic mass is 35.5. The van der Waals surface area contributed by atoms with Gasteiger partial charge in [-0.05, 0) is 49.2 Å². The van der Waals surface area contributed by atoms with Crippen molar-refractivity contribution in [3.05, 3.63) is 64.8 Å². The summed E-state index contributed by atoms with van der Waals surface area (Å²) < 4.78 is 5.30. The lowest BCUT2D eigenvalue weighted by Crippen LogP contribution is -2.38. The van der Waals surface area contributed by atoms with Gasteiger partial charge in [0.25, 0.3) is 5.91 Å². The van der Waals surface area contributed by atoms with Crippen molar-refractivity contribution in [1.82, 2.24) is 9.88 Å². The number of amides is 1. The molecule has 0 bridgehead atoms. The number of likely N-dealkylation sites (tertiary alicyclic amines) is 1. The second-order valence-corrected chi connectivity index (χ2v) is 7.13. The highest BCUT2D eigenvalue weighted by Gasteiger charge is 2.26. The fourth-order valence-corrected chi connectivity index (χ4v) is 3.90. The Morgan fingerprint density at radius 3 is 2.65 bits per heavy atom. The zero-order valence-electron chi connectivity index (χ0n) is 14.7. The summed E-state index contributed by atoms with van der Waals surface area (Å²) in [6, 6.07) is 15.5. The Morgan fingerprint density at radius 2 is 1.92 bits per heavy atom. The third-order valence-electron chi connectivity index (χ3n) is 5.18. The van der Waals surface area contributed by atoms with Crippen molar-refractivity contribution < 1.29 is 9.53 Å². The number of fused-ring (bicyclic) bond motifs is 1. The summed E-state index contributed by atoms with van der Waals surface area (Å²) in [6.45, 7) is 1.49. The van der Waals surface area contributed by atoms with E-state index in [2.05, 4.69) is 11.1 Å². The summed E-state index contributed by atoms with van der Waals surface area (Å²) in [5, 5.41) is 1.68. The molecule has 0 unspecified atom stereocenters. The van der Waals surface area contributed by atoms with Crippen LogP contribution in [0.4, 0.5) is 0 Å². The maximum absolute atomic E-state index is 12.7. The number of benzene rings is 2. The van der Waals surface area contributed by atoms with Crippen LogP contribution in [0.5, 0.6) is 5.75 Å². The number of piperidine rings is 1. The van der Waals surface area contributed by atoms with E-state index in [1.165, 1.54) is 5.69 Å². The van der Waals surface area contributed by atoms with Crippen LogP contribution in [-0.2, 0) is 0 Å². The van der Waals surface area contributed by atoms with E-state index in [1.54, 1.807) is 19.2 Å². The maximum Gasteiger partial charge on any atom is 0.255 e. The maximum atomic E-state index is 12.7. The quantitative estimate of drug-likeness (QED) is 0.718. The highest BCUT2D eigenvalue weighted by Crippen LogP contribution is 2.32. The first-order chi connectivity index (χ1) is 12.7. The van der Waals surface area contributed by atoms with Crippen molar-refractivity contribution in [2.75, 3.05) is 20.2 Å². The fourth-order valence-electron chi connectivity index (χ4n) is 3.68. The third kappa shape index (κ3) is 3.17. The predicted molar refractivity (Wildman–Crippen MR) is 104 cm³/mol. The topological polar surface area (TPSA) is 45.3 Å². The van der Waals surface area contributed by atoms with Crippen LogP contribution < -0.4 is 4.74 Å². The van der Waals surface area contributed by atoms with Gasteiger partial charge in [-0.25, -0.2) is 0 Å². The molecule has 0 radical (unpaired) electrons. The van der Waals surface area contributed by atoms with Crippen LogP contribution in [0.1, 0.15) is 34.8 Å². The SMILES string of the molecule is COc1ccc2[nH]c(C3CCN(C(=O)c4ccccc4Cl)CC3)cc2c1. The molecular formula is C21H21ClN2O2. The van der Waals surface area contributed by atoms with Crippen LogP contribution in [0.3, 0.4) is 0 Å². The molecule has 2 heterocycles. The van der Waals surface area contributed by atoms with Gasteiger partial charge < -0.3 is 14.6 Å². The molecule has 1 saturated heterocycles. The minimum absolute atomic E-state index is 0.0235. The summed E-state index contributed by atoms with van der Waals surface area (Å²) in [4.78, 5) is 18.1. The van der Waals surface area contributed by atoms with Crippen LogP contribution in [0.15, 0.2) is 48.5 Å². The molecule has 4 rings (SSSR count). The van der Waals surface area contributed by atoms with Crippen molar-refractivity contribution in [2.24, 2.45) is 0 Å². The van der Waals surface area contributed by atoms with E-state index in [0.717, 1.165) is 42.6 Å². The van der Waals surface area contributed by atoms with E-state index >= 15 is 0 Å². The molecule has 2 aromatic carbocycles. The van der Waals surface area contributed by atoms with Gasteiger partial charge in [0.1, 0.15) is 5.75 Å². The molecular weight excluding hydrogens is 348 g/mol. The van der Waals surface area contributed by atoms with Gasteiger partial charge >= 0.3 is 0 Å². The van der Waals surface area contributed by atoms with E-state index in [9.17, 15) is 4.79 Å². The monoisotopic (exact) mass is 368 g/mol. The normalized spacial score (nSPS) is 15.4. The van der Waals surface area contributed by atoms with E-state index in [-0.39, 0.29) is 5.91 Å². The molecule has 1 amide bonds. The molecule has 3 aromatic rings. The average molecular weight is 369 g/mol. The first-order valence-electron chi connectivity index (χ1n) is 8.86. The number of carbonyl (C=O) groups excluding carboxylic acids is 1. The second-order valence-electron chi connectivity index (χ2n) is 6.72. The number of ether oxygens (including phenoxy) is 1. The van der Waals surface area contributed by atoms with E-state index in [1.807, 2.05) is 35.2 Å². The minimum Gasteiger partial charge on any atom is -0.497 e. The largest absolute Gasteiger partial charge is 0.497 e. The van der Waals surface area contributed by atoms with E-state index < -0.39 is 0 Å². The van der Waals surface area contributed by atoms with Gasteiger partial charge in [-0.2, -0.15) is 0 Å². The number of methoxy groups -OCH3 is 1. The summed E-state index contributed by atoms with van der Waals surface area (Å²) in [5.74, 6) is 1.32. The highest BCUT2D eigenvalue weighted by molar-refractivity contribution is 6.33. The zero-order valence-corrected chi connectivity index (χ0v) is 15.4. The molecule has 134 valence electrons. The number of hydrogen-bond acceptors (Lipinski definition) is 2. The van der Waals surface area contributed by atoms with E-state index in [0.29, 0.717) is 16.5 Å². The van der Waals surface area contributed by atoms with Gasteiger partial charge in [0.2, 0.25) is 0 Å². The number of aromatic amines is 1. The van der Waals surface area contributed by atoms with Gasteiger partial charge in [-0.1, -0.05) is 23.7 Å². The summed E-state index contributed by atoms with van der Waals surface area (Å²) in [6.07, 6.45) is 1.89. The lowest BCUT2D eigenvalue weighted by molar-refractivity contribution is 0.0712. The Morgan fingerprint density at radius 1 is 1.15 bits per heavy atom. The van der Waals surface area contributed by atoms with Crippen LogP contribution in [0.2, 0.25) is 5.02 Å². The zero-order chi connectivity index (χ0) is 18.1. The molecule has 0 atom stereocenters.